The molecule has 2 N–H and O–H groups in total. The van der Waals surface area contributed by atoms with Gasteiger partial charge in [0.15, 0.2) is 0 Å². The lowest BCUT2D eigenvalue weighted by Crippen LogP contribution is -2.39. The molecule has 0 atom stereocenters. The van der Waals surface area contributed by atoms with Gasteiger partial charge in [0.1, 0.15) is 0 Å². The molecule has 19 heavy (non-hydrogen) atoms. The molecule has 0 aliphatic heterocycles. The third-order valence-corrected chi connectivity index (χ3v) is 3.56. The summed E-state index contributed by atoms with van der Waals surface area (Å²) in [5, 5.41) is 15.9. The van der Waals surface area contributed by atoms with Crippen LogP contribution in [0.25, 0.3) is 0 Å². The predicted molar refractivity (Wildman–Crippen MR) is 68.4 cm³/mol. The maximum atomic E-state index is 11.8. The molecule has 1 aliphatic rings. The van der Waals surface area contributed by atoms with Crippen molar-refractivity contribution in [2.45, 2.75) is 38.1 Å². The van der Waals surface area contributed by atoms with E-state index < -0.39 is 5.97 Å². The highest BCUT2D eigenvalue weighted by Gasteiger charge is 2.26. The summed E-state index contributed by atoms with van der Waals surface area (Å²) < 4.78 is 1.67. The quantitative estimate of drug-likeness (QED) is 0.840. The highest BCUT2D eigenvalue weighted by Crippen LogP contribution is 2.24. The van der Waals surface area contributed by atoms with Crippen LogP contribution < -0.4 is 5.32 Å². The SMILES string of the molecule is Cn1cc(CC(=O)NC2CCC(C(=O)O)CC2)cn1. The van der Waals surface area contributed by atoms with Gasteiger partial charge in [0.25, 0.3) is 0 Å². The molecule has 6 nitrogen and oxygen atoms in total. The average Bonchev–Trinajstić information content (AvgIpc) is 2.75. The summed E-state index contributed by atoms with van der Waals surface area (Å²) in [6.07, 6.45) is 6.61. The number of nitrogens with zero attached hydrogens (tertiary/aromatic N) is 2. The van der Waals surface area contributed by atoms with Gasteiger partial charge in [-0.3, -0.25) is 14.3 Å². The number of carbonyl (C=O) groups excluding carboxylic acids is 1. The van der Waals surface area contributed by atoms with E-state index in [9.17, 15) is 9.59 Å². The van der Waals surface area contributed by atoms with Crippen LogP contribution in [0.4, 0.5) is 0 Å². The predicted octanol–water partition coefficient (Wildman–Crippen LogP) is 0.722. The number of carboxylic acids is 1. The van der Waals surface area contributed by atoms with Gasteiger partial charge in [-0.1, -0.05) is 0 Å². The summed E-state index contributed by atoms with van der Waals surface area (Å²) in [6.45, 7) is 0. The Morgan fingerprint density at radius 3 is 2.63 bits per heavy atom. The Balaban J connectivity index is 1.76. The second kappa shape index (κ2) is 5.86. The van der Waals surface area contributed by atoms with Crippen molar-refractivity contribution < 1.29 is 14.7 Å². The van der Waals surface area contributed by atoms with Crippen LogP contribution in [-0.2, 0) is 23.1 Å². The number of aliphatic carboxylic acids is 1. The van der Waals surface area contributed by atoms with E-state index in [1.807, 2.05) is 13.2 Å². The van der Waals surface area contributed by atoms with Crippen molar-refractivity contribution in [2.75, 3.05) is 0 Å². The van der Waals surface area contributed by atoms with Crippen LogP contribution in [0.3, 0.4) is 0 Å². The average molecular weight is 265 g/mol. The Bertz CT molecular complexity index is 461. The van der Waals surface area contributed by atoms with Crippen molar-refractivity contribution in [2.24, 2.45) is 13.0 Å². The third-order valence-electron chi connectivity index (χ3n) is 3.56. The monoisotopic (exact) mass is 265 g/mol. The van der Waals surface area contributed by atoms with Crippen LogP contribution in [0.15, 0.2) is 12.4 Å². The van der Waals surface area contributed by atoms with Crippen molar-refractivity contribution in [3.63, 3.8) is 0 Å². The molecule has 0 radical (unpaired) electrons. The Hall–Kier alpha value is -1.85. The first kappa shape index (κ1) is 13.6. The fourth-order valence-corrected chi connectivity index (χ4v) is 2.51. The number of carbonyl (C=O) groups is 2. The van der Waals surface area contributed by atoms with Crippen LogP contribution in [0, 0.1) is 5.92 Å². The van der Waals surface area contributed by atoms with Gasteiger partial charge in [0.05, 0.1) is 18.5 Å². The Morgan fingerprint density at radius 1 is 1.42 bits per heavy atom. The maximum absolute atomic E-state index is 11.8. The Labute approximate surface area is 111 Å². The molecule has 1 aromatic heterocycles. The normalized spacial score (nSPS) is 23.0. The molecule has 0 aromatic carbocycles. The van der Waals surface area contributed by atoms with Crippen LogP contribution >= 0.6 is 0 Å². The molecule has 0 bridgehead atoms. The highest BCUT2D eigenvalue weighted by molar-refractivity contribution is 5.78. The van der Waals surface area contributed by atoms with Gasteiger partial charge in [0.2, 0.25) is 5.91 Å². The fraction of sp³-hybridized carbons (Fsp3) is 0.615. The van der Waals surface area contributed by atoms with Crippen molar-refractivity contribution >= 4 is 11.9 Å². The molecule has 0 spiro atoms. The number of carboxylic acid groups (broad SMARTS) is 1. The molecule has 0 saturated heterocycles. The second-order valence-corrected chi connectivity index (χ2v) is 5.15. The zero-order valence-electron chi connectivity index (χ0n) is 11.0. The van der Waals surface area contributed by atoms with Crippen LogP contribution in [0.1, 0.15) is 31.2 Å². The molecule has 1 fully saturated rings. The first-order valence-electron chi connectivity index (χ1n) is 6.54. The molecular weight excluding hydrogens is 246 g/mol. The summed E-state index contributed by atoms with van der Waals surface area (Å²) in [7, 11) is 1.81. The summed E-state index contributed by atoms with van der Waals surface area (Å²) in [5.74, 6) is -0.988. The lowest BCUT2D eigenvalue weighted by molar-refractivity contribution is -0.142. The molecule has 1 aromatic rings. The fourth-order valence-electron chi connectivity index (χ4n) is 2.51. The number of rotatable bonds is 4. The van der Waals surface area contributed by atoms with E-state index in [0.717, 1.165) is 18.4 Å². The first-order valence-corrected chi connectivity index (χ1v) is 6.54. The number of hydrogen-bond donors (Lipinski definition) is 2. The number of hydrogen-bond acceptors (Lipinski definition) is 3. The zero-order valence-corrected chi connectivity index (χ0v) is 11.0. The molecular formula is C13H19N3O3. The van der Waals surface area contributed by atoms with E-state index in [1.165, 1.54) is 0 Å². The van der Waals surface area contributed by atoms with E-state index in [-0.39, 0.29) is 17.9 Å². The van der Waals surface area contributed by atoms with Gasteiger partial charge in [-0.05, 0) is 31.2 Å². The lowest BCUT2D eigenvalue weighted by Gasteiger charge is -2.26. The molecule has 1 saturated carbocycles. The van der Waals surface area contributed by atoms with Crippen molar-refractivity contribution in [3.8, 4) is 0 Å². The Morgan fingerprint density at radius 2 is 2.11 bits per heavy atom. The maximum Gasteiger partial charge on any atom is 0.306 e. The number of amides is 1. The van der Waals surface area contributed by atoms with E-state index in [4.69, 9.17) is 5.11 Å². The van der Waals surface area contributed by atoms with Crippen LogP contribution in [-0.4, -0.2) is 32.8 Å². The summed E-state index contributed by atoms with van der Waals surface area (Å²) in [6, 6.07) is 0.111. The molecule has 104 valence electrons. The Kier molecular flexibility index (Phi) is 4.19. The third kappa shape index (κ3) is 3.81. The molecule has 1 heterocycles. The van der Waals surface area contributed by atoms with Crippen LogP contribution in [0.2, 0.25) is 0 Å². The largest absolute Gasteiger partial charge is 0.481 e. The highest BCUT2D eigenvalue weighted by atomic mass is 16.4. The summed E-state index contributed by atoms with van der Waals surface area (Å²) in [5.41, 5.74) is 0.888. The van der Waals surface area contributed by atoms with Crippen molar-refractivity contribution in [1.82, 2.24) is 15.1 Å². The molecule has 0 unspecified atom stereocenters. The smallest absolute Gasteiger partial charge is 0.306 e. The second-order valence-electron chi connectivity index (χ2n) is 5.15. The molecule has 1 amide bonds. The summed E-state index contributed by atoms with van der Waals surface area (Å²) >= 11 is 0. The topological polar surface area (TPSA) is 84.2 Å². The van der Waals surface area contributed by atoms with Crippen LogP contribution in [0.5, 0.6) is 0 Å². The van der Waals surface area contributed by atoms with Gasteiger partial charge in [-0.25, -0.2) is 0 Å². The molecule has 1 aliphatic carbocycles. The van der Waals surface area contributed by atoms with Crippen molar-refractivity contribution in [3.05, 3.63) is 18.0 Å². The van der Waals surface area contributed by atoms with E-state index in [1.54, 1.807) is 10.9 Å². The number of nitrogens with one attached hydrogen (secondary N) is 1. The first-order chi connectivity index (χ1) is 9.04. The minimum Gasteiger partial charge on any atom is -0.481 e. The summed E-state index contributed by atoms with van der Waals surface area (Å²) in [4.78, 5) is 22.7. The van der Waals surface area contributed by atoms with Gasteiger partial charge in [-0.15, -0.1) is 0 Å². The van der Waals surface area contributed by atoms with Gasteiger partial charge >= 0.3 is 5.97 Å². The van der Waals surface area contributed by atoms with E-state index in [0.29, 0.717) is 19.3 Å². The van der Waals surface area contributed by atoms with Gasteiger partial charge in [-0.2, -0.15) is 5.10 Å². The minimum atomic E-state index is -0.722. The van der Waals surface area contributed by atoms with Gasteiger partial charge in [0, 0.05) is 19.3 Å². The number of aryl methyl sites for hydroxylation is 1. The zero-order chi connectivity index (χ0) is 13.8. The molecule has 6 heteroatoms. The van der Waals surface area contributed by atoms with Gasteiger partial charge < -0.3 is 10.4 Å². The molecule has 2 rings (SSSR count). The standard InChI is InChI=1S/C13H19N3O3/c1-16-8-9(7-14-16)6-12(17)15-11-4-2-10(3-5-11)13(18)19/h7-8,10-11H,2-6H2,1H3,(H,15,17)(H,18,19). The van der Waals surface area contributed by atoms with E-state index >= 15 is 0 Å². The number of aromatic nitrogens is 2. The minimum absolute atomic E-state index is 0.0215. The van der Waals surface area contributed by atoms with E-state index in [2.05, 4.69) is 10.4 Å². The lowest BCUT2D eigenvalue weighted by atomic mass is 9.86. The van der Waals surface area contributed by atoms with Crippen molar-refractivity contribution in [1.29, 1.82) is 0 Å².